The lowest BCUT2D eigenvalue weighted by molar-refractivity contribution is 0.285. The Morgan fingerprint density at radius 2 is 0.761 bits per heavy atom. The Labute approximate surface area is 420 Å². The summed E-state index contributed by atoms with van der Waals surface area (Å²) < 4.78 is 59.0. The molecule has 0 fully saturated rings. The van der Waals surface area contributed by atoms with Gasteiger partial charge in [0.1, 0.15) is 5.75 Å². The molecule has 0 amide bonds. The third-order valence-corrected chi connectivity index (χ3v) is 21.6. The molecule has 15 heteroatoms. The number of hydrogen-bond acceptors (Lipinski definition) is 10. The van der Waals surface area contributed by atoms with E-state index in [4.69, 9.17) is 13.6 Å². The van der Waals surface area contributed by atoms with Crippen LogP contribution in [0, 0.1) is 0 Å². The van der Waals surface area contributed by atoms with Gasteiger partial charge in [-0.25, -0.2) is 18.5 Å². The second-order valence-corrected chi connectivity index (χ2v) is 29.8. The van der Waals surface area contributed by atoms with Gasteiger partial charge in [-0.3, -0.25) is 0 Å². The summed E-state index contributed by atoms with van der Waals surface area (Å²) in [6.07, 6.45) is 0. The monoisotopic (exact) mass is 1030 g/mol. The highest BCUT2D eigenvalue weighted by Gasteiger charge is 2.43. The van der Waals surface area contributed by atoms with Crippen LogP contribution in [-0.2, 0) is 30.8 Å². The SMILES string of the molecule is CCN(CC)P1(=O)Oc2c3cc(C(C)(C)C)cc2Sc2cc(C(C)(C)C)cc(c2O1)Sc1cc(C(C)(C)C)cc(c1OP(=O)(N(CC)CC)N(CC)CC)Sc1cc(C(C)(C)C)cc(c1O)S3. The third-order valence-electron chi connectivity index (χ3n) is 12.3. The lowest BCUT2D eigenvalue weighted by Crippen LogP contribution is -2.34. The van der Waals surface area contributed by atoms with Crippen molar-refractivity contribution in [1.82, 2.24) is 14.0 Å². The highest BCUT2D eigenvalue weighted by Crippen LogP contribution is 2.65. The Hall–Kier alpha value is -2.18. The van der Waals surface area contributed by atoms with Gasteiger partial charge in [-0.05, 0) is 92.4 Å². The van der Waals surface area contributed by atoms with E-state index in [1.54, 1.807) is 16.4 Å². The van der Waals surface area contributed by atoms with E-state index in [0.29, 0.717) is 66.3 Å². The first-order chi connectivity index (χ1) is 31.0. The molecule has 3 aliphatic rings. The Balaban J connectivity index is 1.88. The van der Waals surface area contributed by atoms with E-state index in [9.17, 15) is 5.11 Å². The zero-order chi connectivity index (χ0) is 49.8. The van der Waals surface area contributed by atoms with Gasteiger partial charge in [-0.1, -0.05) is 172 Å². The van der Waals surface area contributed by atoms with Gasteiger partial charge in [0.2, 0.25) is 0 Å². The number of hydrogen-bond donors (Lipinski definition) is 1. The molecule has 0 aliphatic carbocycles. The molecule has 0 saturated carbocycles. The maximum absolute atomic E-state index is 16.0. The highest BCUT2D eigenvalue weighted by molar-refractivity contribution is 8.01. The molecule has 3 heterocycles. The fourth-order valence-electron chi connectivity index (χ4n) is 7.91. The summed E-state index contributed by atoms with van der Waals surface area (Å²) in [5, 5.41) is 12.7. The van der Waals surface area contributed by atoms with Gasteiger partial charge >= 0.3 is 15.4 Å². The van der Waals surface area contributed by atoms with Crippen LogP contribution in [0.4, 0.5) is 0 Å². The first-order valence-electron chi connectivity index (χ1n) is 23.7. The molecule has 4 aromatic rings. The third kappa shape index (κ3) is 11.3. The highest BCUT2D eigenvalue weighted by atomic mass is 32.2. The standard InChI is InChI=1S/C52H75N3O6P2S4/c1-19-53(20-2)62(57,54(21-3)22-4)59-46-39-27-34(50(10,11)12)28-40(46)66-43-31-36(52(16,17)18)32-44-48(43)61-63(58,55(23-5)24-6)60-47-41(29-35(51(13,14)15)30-42(47)67-44)65-38-26-33(49(7,8)9)25-37(64-39)45(38)56/h25-32,56H,19-24H2,1-18H3. The van der Waals surface area contributed by atoms with Gasteiger partial charge in [0, 0.05) is 39.3 Å². The van der Waals surface area contributed by atoms with Gasteiger partial charge in [0.25, 0.3) is 0 Å². The number of aromatic hydroxyl groups is 1. The summed E-state index contributed by atoms with van der Waals surface area (Å²) in [4.78, 5) is 5.79. The Morgan fingerprint density at radius 3 is 1.06 bits per heavy atom. The lowest BCUT2D eigenvalue weighted by atomic mass is 9.87. The van der Waals surface area contributed by atoms with Gasteiger partial charge in [0.15, 0.2) is 17.2 Å². The van der Waals surface area contributed by atoms with Crippen LogP contribution in [0.1, 0.15) is 147 Å². The lowest BCUT2D eigenvalue weighted by Gasteiger charge is -2.37. The van der Waals surface area contributed by atoms with Crippen molar-refractivity contribution >= 4 is 62.5 Å². The number of phenolic OH excluding ortho intramolecular Hbond substituents is 1. The van der Waals surface area contributed by atoms with Crippen molar-refractivity contribution in [3.8, 4) is 23.0 Å². The molecule has 10 bridgehead atoms. The van der Waals surface area contributed by atoms with Crippen molar-refractivity contribution in [2.75, 3.05) is 39.3 Å². The van der Waals surface area contributed by atoms with Crippen LogP contribution in [-0.4, -0.2) is 58.4 Å². The second-order valence-electron chi connectivity index (χ2n) is 21.3. The minimum Gasteiger partial charge on any atom is -0.506 e. The van der Waals surface area contributed by atoms with Crippen molar-refractivity contribution in [3.63, 3.8) is 0 Å². The normalized spacial score (nSPS) is 16.9. The molecule has 0 aromatic heterocycles. The number of benzene rings is 4. The summed E-state index contributed by atoms with van der Waals surface area (Å²) >= 11 is 5.87. The molecule has 4 aromatic carbocycles. The predicted molar refractivity (Wildman–Crippen MR) is 285 cm³/mol. The minimum absolute atomic E-state index is 0.103. The van der Waals surface area contributed by atoms with Gasteiger partial charge in [-0.15, -0.1) is 0 Å². The van der Waals surface area contributed by atoms with E-state index >= 15 is 9.13 Å². The summed E-state index contributed by atoms with van der Waals surface area (Å²) in [6.45, 7) is 41.1. The molecule has 0 spiro atoms. The zero-order valence-electron chi connectivity index (χ0n) is 43.2. The van der Waals surface area contributed by atoms with E-state index in [2.05, 4.69) is 132 Å². The van der Waals surface area contributed by atoms with Crippen LogP contribution >= 0.6 is 62.5 Å². The zero-order valence-corrected chi connectivity index (χ0v) is 48.3. The van der Waals surface area contributed by atoms with E-state index in [1.807, 2.05) is 50.9 Å². The second kappa shape index (κ2) is 20.1. The van der Waals surface area contributed by atoms with Crippen molar-refractivity contribution in [2.24, 2.45) is 0 Å². The first-order valence-corrected chi connectivity index (χ1v) is 30.0. The molecule has 1 N–H and O–H groups in total. The quantitative estimate of drug-likeness (QED) is 0.127. The van der Waals surface area contributed by atoms with Gasteiger partial charge in [0.05, 0.1) is 39.2 Å². The minimum atomic E-state index is -4.17. The largest absolute Gasteiger partial charge is 0.515 e. The van der Waals surface area contributed by atoms with Crippen LogP contribution in [0.3, 0.4) is 0 Å². The van der Waals surface area contributed by atoms with Crippen LogP contribution in [0.25, 0.3) is 0 Å². The van der Waals surface area contributed by atoms with Crippen LogP contribution in [0.2, 0.25) is 0 Å². The van der Waals surface area contributed by atoms with Crippen LogP contribution < -0.4 is 13.6 Å². The number of nitrogens with zero attached hydrogens (tertiary/aromatic N) is 3. The van der Waals surface area contributed by atoms with Crippen molar-refractivity contribution in [3.05, 3.63) is 70.8 Å². The summed E-state index contributed by atoms with van der Waals surface area (Å²) in [5.74, 6) is 1.47. The van der Waals surface area contributed by atoms with Gasteiger partial charge in [-0.2, -0.15) is 4.67 Å². The fraction of sp³-hybridized carbons (Fsp3) is 0.538. The summed E-state index contributed by atoms with van der Waals surface area (Å²) in [7, 11) is -7.90. The van der Waals surface area contributed by atoms with Crippen molar-refractivity contribution in [2.45, 2.75) is 185 Å². The van der Waals surface area contributed by atoms with Crippen LogP contribution in [0.15, 0.2) is 87.7 Å². The topological polar surface area (TPSA) is 91.8 Å². The van der Waals surface area contributed by atoms with E-state index < -0.39 is 15.4 Å². The maximum Gasteiger partial charge on any atom is 0.515 e. The molecule has 1 atom stereocenters. The molecule has 1 unspecified atom stereocenters. The summed E-state index contributed by atoms with van der Waals surface area (Å²) in [5.41, 5.74) is 3.02. The average molecular weight is 1030 g/mol. The molecular weight excluding hydrogens is 953 g/mol. The Morgan fingerprint density at radius 1 is 0.493 bits per heavy atom. The van der Waals surface area contributed by atoms with Crippen LogP contribution in [0.5, 0.6) is 23.0 Å². The number of rotatable bonds is 11. The van der Waals surface area contributed by atoms with E-state index in [-0.39, 0.29) is 27.4 Å². The Bertz CT molecular complexity index is 2570. The van der Waals surface area contributed by atoms with E-state index in [0.717, 1.165) is 51.6 Å². The molecule has 368 valence electrons. The Kier molecular flexibility index (Phi) is 16.3. The van der Waals surface area contributed by atoms with Crippen molar-refractivity contribution in [1.29, 1.82) is 0 Å². The number of phenols is 1. The van der Waals surface area contributed by atoms with E-state index in [1.165, 1.54) is 35.3 Å². The smallest absolute Gasteiger partial charge is 0.506 e. The molecular formula is C52H75N3O6P2S4. The fourth-order valence-corrected chi connectivity index (χ4v) is 17.1. The predicted octanol–water partition coefficient (Wildman–Crippen LogP) is 16.9. The number of fused-ring (bicyclic) bond motifs is 2. The van der Waals surface area contributed by atoms with Gasteiger partial charge < -0.3 is 18.7 Å². The first kappa shape index (κ1) is 54.2. The molecule has 7 rings (SSSR count). The summed E-state index contributed by atoms with van der Waals surface area (Å²) in [6, 6.07) is 17.0. The maximum atomic E-state index is 16.0. The molecule has 0 saturated heterocycles. The van der Waals surface area contributed by atoms with Crippen molar-refractivity contribution < 1.29 is 27.8 Å². The average Bonchev–Trinajstić information content (AvgIpc) is 3.21. The molecule has 3 aliphatic heterocycles. The molecule has 67 heavy (non-hydrogen) atoms. The molecule has 0 radical (unpaired) electrons. The molecule has 9 nitrogen and oxygen atoms in total.